The highest BCUT2D eigenvalue weighted by Crippen LogP contribution is 2.32. The number of quaternary nitrogens is 1. The van der Waals surface area contributed by atoms with E-state index in [0.29, 0.717) is 47.9 Å². The maximum absolute atomic E-state index is 15.0. The van der Waals surface area contributed by atoms with Crippen molar-refractivity contribution in [3.8, 4) is 23.1 Å². The fraction of sp³-hybridized carbons (Fsp3) is 0.312. The lowest BCUT2D eigenvalue weighted by Gasteiger charge is -2.40. The van der Waals surface area contributed by atoms with Gasteiger partial charge in [-0.2, -0.15) is 9.65 Å². The van der Waals surface area contributed by atoms with Gasteiger partial charge in [0.2, 0.25) is 5.82 Å². The number of anilines is 2. The number of nitriles is 1. The quantitative estimate of drug-likeness (QED) is 0.0583. The molecule has 0 radical (unpaired) electrons. The third kappa shape index (κ3) is 8.27. The summed E-state index contributed by atoms with van der Waals surface area (Å²) in [5, 5.41) is 17.7. The van der Waals surface area contributed by atoms with Gasteiger partial charge in [-0.25, -0.2) is 19.2 Å². The van der Waals surface area contributed by atoms with Crippen molar-refractivity contribution >= 4 is 47.1 Å². The zero-order valence-electron chi connectivity index (χ0n) is 26.2. The summed E-state index contributed by atoms with van der Waals surface area (Å²) >= 11 is 6.45. The number of nitrogens with one attached hydrogen (secondary N) is 3. The topological polar surface area (TPSA) is 169 Å². The first-order valence-corrected chi connectivity index (χ1v) is 15.5. The van der Waals surface area contributed by atoms with Crippen LogP contribution in [0, 0.1) is 23.0 Å². The van der Waals surface area contributed by atoms with Crippen LogP contribution >= 0.6 is 11.6 Å². The molecule has 0 aliphatic carbocycles. The fourth-order valence-electron chi connectivity index (χ4n) is 5.39. The summed E-state index contributed by atoms with van der Waals surface area (Å²) in [4.78, 5) is 43.8. The van der Waals surface area contributed by atoms with Gasteiger partial charge in [0.05, 0.1) is 49.3 Å². The van der Waals surface area contributed by atoms with E-state index in [1.165, 1.54) is 28.9 Å². The normalized spacial score (nSPS) is 17.2. The van der Waals surface area contributed by atoms with Crippen LogP contribution in [-0.4, -0.2) is 103 Å². The third-order valence-electron chi connectivity index (χ3n) is 7.94. The Balaban J connectivity index is 1.15. The Kier molecular flexibility index (Phi) is 11.3. The van der Waals surface area contributed by atoms with Crippen molar-refractivity contribution in [2.24, 2.45) is 0 Å². The Bertz CT molecular complexity index is 1900. The van der Waals surface area contributed by atoms with Crippen LogP contribution in [0.3, 0.4) is 0 Å². The molecule has 5 rings (SSSR count). The Morgan fingerprint density at radius 3 is 2.84 bits per heavy atom. The Morgan fingerprint density at radius 1 is 1.22 bits per heavy atom. The van der Waals surface area contributed by atoms with Crippen LogP contribution in [0.5, 0.6) is 5.75 Å². The number of ether oxygens (including phenoxy) is 3. The fourth-order valence-corrected chi connectivity index (χ4v) is 5.65. The van der Waals surface area contributed by atoms with Crippen LogP contribution in [0.2, 0.25) is 5.02 Å². The molecule has 1 aliphatic rings. The number of aromatic nitrogens is 3. The van der Waals surface area contributed by atoms with Crippen molar-refractivity contribution in [2.75, 3.05) is 64.9 Å². The Labute approximate surface area is 284 Å². The molecule has 2 atom stereocenters. The first kappa shape index (κ1) is 35.1. The molecular weight excluding hydrogens is 666 g/mol. The second-order valence-corrected chi connectivity index (χ2v) is 11.7. The number of hydrogen-bond donors (Lipinski definition) is 3. The third-order valence-corrected chi connectivity index (χ3v) is 8.25. The molecular formula is C32H32ClF2N8O6+. The van der Waals surface area contributed by atoms with Crippen LogP contribution in [0.15, 0.2) is 48.9 Å². The second kappa shape index (κ2) is 15.8. The molecule has 2 aromatic carbocycles. The van der Waals surface area contributed by atoms with Gasteiger partial charge in [-0.05, 0) is 30.3 Å². The average Bonchev–Trinajstić information content (AvgIpc) is 3.52. The number of hydrogen-bond acceptors (Lipinski definition) is 11. The van der Waals surface area contributed by atoms with E-state index in [1.807, 2.05) is 7.05 Å². The highest BCUT2D eigenvalue weighted by Gasteiger charge is 2.35. The highest BCUT2D eigenvalue weighted by molar-refractivity contribution is 6.34. The number of carbonyl (C=O) groups is 3. The number of carbonyl (C=O) groups excluding carboxylic acids is 3. The summed E-state index contributed by atoms with van der Waals surface area (Å²) in [5.74, 6) is -3.46. The zero-order chi connectivity index (χ0) is 35.0. The van der Waals surface area contributed by atoms with Gasteiger partial charge in [0.1, 0.15) is 19.2 Å². The molecule has 2 unspecified atom stereocenters. The first-order chi connectivity index (χ1) is 23.6. The number of benzene rings is 2. The van der Waals surface area contributed by atoms with E-state index in [4.69, 9.17) is 26.3 Å². The van der Waals surface area contributed by atoms with Gasteiger partial charge in [-0.1, -0.05) is 11.6 Å². The predicted octanol–water partition coefficient (Wildman–Crippen LogP) is 2.84. The van der Waals surface area contributed by atoms with Crippen molar-refractivity contribution in [1.82, 2.24) is 25.0 Å². The molecule has 0 spiro atoms. The molecule has 2 aromatic heterocycles. The Morgan fingerprint density at radius 2 is 2.06 bits per heavy atom. The maximum atomic E-state index is 15.0. The highest BCUT2D eigenvalue weighted by atomic mass is 35.5. The molecule has 14 nitrogen and oxygen atoms in total. The molecule has 17 heteroatoms. The minimum absolute atomic E-state index is 0.0701. The molecule has 1 amide bonds. The van der Waals surface area contributed by atoms with E-state index >= 15 is 0 Å². The Hall–Kier alpha value is -5.21. The lowest BCUT2D eigenvalue weighted by atomic mass is 10.1. The lowest BCUT2D eigenvalue weighted by molar-refractivity contribution is -0.913. The van der Waals surface area contributed by atoms with Crippen LogP contribution in [0.1, 0.15) is 10.4 Å². The van der Waals surface area contributed by atoms with E-state index in [0.717, 1.165) is 6.54 Å². The molecule has 0 bridgehead atoms. The number of esters is 1. The van der Waals surface area contributed by atoms with Gasteiger partial charge in [0.15, 0.2) is 35.7 Å². The number of imidazole rings is 1. The van der Waals surface area contributed by atoms with Crippen LogP contribution < -0.4 is 20.7 Å². The van der Waals surface area contributed by atoms with E-state index in [2.05, 4.69) is 30.7 Å². The molecule has 1 saturated heterocycles. The van der Waals surface area contributed by atoms with Crippen molar-refractivity contribution in [3.63, 3.8) is 0 Å². The molecule has 1 aliphatic heterocycles. The number of piperazine rings is 1. The van der Waals surface area contributed by atoms with Gasteiger partial charge in [-0.3, -0.25) is 19.3 Å². The molecule has 256 valence electrons. The molecule has 3 N–H and O–H groups in total. The van der Waals surface area contributed by atoms with Gasteiger partial charge >= 0.3 is 12.4 Å². The minimum atomic E-state index is -1.22. The van der Waals surface area contributed by atoms with Crippen LogP contribution in [0.25, 0.3) is 16.9 Å². The van der Waals surface area contributed by atoms with E-state index < -0.39 is 36.2 Å². The summed E-state index contributed by atoms with van der Waals surface area (Å²) in [6.45, 7) is 3.07. The zero-order valence-corrected chi connectivity index (χ0v) is 27.0. The molecule has 3 heterocycles. The lowest BCUT2D eigenvalue weighted by Crippen LogP contribution is -2.63. The number of nitrogens with zero attached hydrogens (tertiary/aromatic N) is 5. The number of likely N-dealkylation sites (N-methyl/N-ethyl adjacent to an activating group) is 1. The molecule has 4 aromatic rings. The molecule has 0 saturated carbocycles. The number of halogens is 3. The van der Waals surface area contributed by atoms with Crippen molar-refractivity contribution in [3.05, 3.63) is 71.1 Å². The van der Waals surface area contributed by atoms with E-state index in [9.17, 15) is 23.2 Å². The maximum Gasteiger partial charge on any atom is 0.336 e. The van der Waals surface area contributed by atoms with Crippen molar-refractivity contribution in [1.29, 1.82) is 5.26 Å². The standard InChI is InChI=1S/C32H31ClF2N8O6/c1-43(11-8-37-24(18-43)32(46)49-19-44)12-15-47-14-9-39-31(45)21-3-2-20(16-23(21)33)41-29-30-40-17-25(42(30)10-7-38-29)22-4-5-26(48-13-6-36)28(35)27(22)34/h2-5,7,10,16-17,19,24,37H,8-9,11-15,18H2,1H3,(H-,38,39,41,45)/p+1. The summed E-state index contributed by atoms with van der Waals surface area (Å²) in [7, 11) is 2.00. The summed E-state index contributed by atoms with van der Waals surface area (Å²) in [6.07, 6.45) is 4.37. The SMILES string of the molecule is C[N+]1(CCOCCNC(=O)c2ccc(Nc3nccn4c(-c5ccc(OCC#N)c(F)c5F)cnc34)cc2Cl)CCNC(C(=O)OC=O)C1. The van der Waals surface area contributed by atoms with Crippen molar-refractivity contribution in [2.45, 2.75) is 6.04 Å². The van der Waals surface area contributed by atoms with Gasteiger partial charge in [0, 0.05) is 36.7 Å². The van der Waals surface area contributed by atoms with Crippen LogP contribution in [-0.2, 0) is 19.1 Å². The predicted molar refractivity (Wildman–Crippen MR) is 172 cm³/mol. The number of amides is 1. The van der Waals surface area contributed by atoms with Crippen LogP contribution in [0.4, 0.5) is 20.3 Å². The number of fused-ring (bicyclic) bond motifs is 1. The molecule has 49 heavy (non-hydrogen) atoms. The number of rotatable bonds is 14. The summed E-state index contributed by atoms with van der Waals surface area (Å²) < 4.78 is 46.7. The largest absolute Gasteiger partial charge is 0.476 e. The van der Waals surface area contributed by atoms with Gasteiger partial charge < -0.3 is 29.3 Å². The first-order valence-electron chi connectivity index (χ1n) is 15.1. The summed E-state index contributed by atoms with van der Waals surface area (Å²) in [5.41, 5.74) is 1.24. The molecule has 1 fully saturated rings. The van der Waals surface area contributed by atoms with E-state index in [1.54, 1.807) is 30.5 Å². The average molecular weight is 698 g/mol. The summed E-state index contributed by atoms with van der Waals surface area (Å²) in [6, 6.07) is 8.45. The smallest absolute Gasteiger partial charge is 0.336 e. The van der Waals surface area contributed by atoms with Gasteiger partial charge in [-0.15, -0.1) is 0 Å². The van der Waals surface area contributed by atoms with E-state index in [-0.39, 0.29) is 47.2 Å². The minimum Gasteiger partial charge on any atom is -0.476 e. The second-order valence-electron chi connectivity index (χ2n) is 11.3. The van der Waals surface area contributed by atoms with Crippen molar-refractivity contribution < 1.29 is 41.9 Å². The monoisotopic (exact) mass is 697 g/mol. The van der Waals surface area contributed by atoms with Gasteiger partial charge in [0.25, 0.3) is 5.91 Å².